The van der Waals surface area contributed by atoms with Crippen LogP contribution in [0.25, 0.3) is 10.9 Å². The van der Waals surface area contributed by atoms with Gasteiger partial charge in [0.05, 0.1) is 18.3 Å². The second kappa shape index (κ2) is 11.2. The van der Waals surface area contributed by atoms with Crippen molar-refractivity contribution in [1.29, 1.82) is 0 Å². The van der Waals surface area contributed by atoms with Crippen molar-refractivity contribution in [3.63, 3.8) is 0 Å². The smallest absolute Gasteiger partial charge is 0.332 e. The SMILES string of the molecule is COc1ccc(N2C(=O)N(Cc3ccnc4ccccc34)C(C)(C)C2=O)cc1OCC(O)CNC1CCNC1. The summed E-state index contributed by atoms with van der Waals surface area (Å²) in [6.07, 6.45) is 2.00. The van der Waals surface area contributed by atoms with Crippen molar-refractivity contribution in [1.82, 2.24) is 20.5 Å². The highest BCUT2D eigenvalue weighted by Crippen LogP contribution is 2.38. The van der Waals surface area contributed by atoms with Crippen molar-refractivity contribution in [2.75, 3.05) is 38.3 Å². The molecule has 2 saturated heterocycles. The van der Waals surface area contributed by atoms with Gasteiger partial charge in [0.2, 0.25) is 0 Å². The zero-order valence-electron chi connectivity index (χ0n) is 22.5. The number of amides is 3. The lowest BCUT2D eigenvalue weighted by Gasteiger charge is -2.28. The van der Waals surface area contributed by atoms with E-state index in [1.807, 2.05) is 30.3 Å². The fourth-order valence-electron chi connectivity index (χ4n) is 5.09. The molecule has 5 rings (SSSR count). The molecule has 0 radical (unpaired) electrons. The Morgan fingerprint density at radius 3 is 2.77 bits per heavy atom. The Morgan fingerprint density at radius 2 is 2.00 bits per heavy atom. The average Bonchev–Trinajstić information content (AvgIpc) is 3.52. The van der Waals surface area contributed by atoms with Gasteiger partial charge in [-0.05, 0) is 56.6 Å². The van der Waals surface area contributed by atoms with E-state index < -0.39 is 17.7 Å². The molecule has 0 aliphatic carbocycles. The number of hydrogen-bond donors (Lipinski definition) is 3. The number of ether oxygens (including phenoxy) is 2. The van der Waals surface area contributed by atoms with Gasteiger partial charge in [-0.15, -0.1) is 0 Å². The first-order chi connectivity index (χ1) is 18.8. The number of carbonyl (C=O) groups is 2. The lowest BCUT2D eigenvalue weighted by molar-refractivity contribution is -0.123. The molecule has 10 heteroatoms. The third kappa shape index (κ3) is 5.40. The van der Waals surface area contributed by atoms with E-state index in [0.29, 0.717) is 29.8 Å². The molecular weight excluding hydrogens is 498 g/mol. The minimum absolute atomic E-state index is 0.0294. The molecule has 2 aliphatic rings. The predicted molar refractivity (Wildman–Crippen MR) is 148 cm³/mol. The van der Waals surface area contributed by atoms with Crippen LogP contribution in [0, 0.1) is 0 Å². The number of benzene rings is 2. The summed E-state index contributed by atoms with van der Waals surface area (Å²) in [5.74, 6) is 0.447. The second-order valence-corrected chi connectivity index (χ2v) is 10.5. The molecule has 1 aromatic heterocycles. The Balaban J connectivity index is 1.34. The second-order valence-electron chi connectivity index (χ2n) is 10.5. The minimum Gasteiger partial charge on any atom is -0.493 e. The lowest BCUT2D eigenvalue weighted by Crippen LogP contribution is -2.43. The Hall–Kier alpha value is -3.73. The molecule has 3 N–H and O–H groups in total. The number of nitrogens with one attached hydrogen (secondary N) is 2. The molecule has 0 spiro atoms. The van der Waals surface area contributed by atoms with Crippen LogP contribution in [0.2, 0.25) is 0 Å². The van der Waals surface area contributed by atoms with Gasteiger partial charge in [0, 0.05) is 43.3 Å². The molecule has 2 aromatic carbocycles. The van der Waals surface area contributed by atoms with E-state index >= 15 is 0 Å². The molecule has 3 amide bonds. The van der Waals surface area contributed by atoms with Gasteiger partial charge in [0.15, 0.2) is 11.5 Å². The number of pyridine rings is 1. The van der Waals surface area contributed by atoms with E-state index in [-0.39, 0.29) is 19.1 Å². The predicted octanol–water partition coefficient (Wildman–Crippen LogP) is 2.68. The number of carbonyl (C=O) groups excluding carboxylic acids is 2. The van der Waals surface area contributed by atoms with Crippen molar-refractivity contribution in [3.05, 3.63) is 60.3 Å². The summed E-state index contributed by atoms with van der Waals surface area (Å²) in [4.78, 5) is 34.4. The van der Waals surface area contributed by atoms with Gasteiger partial charge in [0.1, 0.15) is 18.2 Å². The van der Waals surface area contributed by atoms with Crippen LogP contribution < -0.4 is 25.0 Å². The van der Waals surface area contributed by atoms with Crippen molar-refractivity contribution in [2.24, 2.45) is 0 Å². The fraction of sp³-hybridized carbons (Fsp3) is 0.414. The molecular formula is C29H35N5O5. The number of imide groups is 1. The quantitative estimate of drug-likeness (QED) is 0.341. The maximum Gasteiger partial charge on any atom is 0.332 e. The first-order valence-electron chi connectivity index (χ1n) is 13.2. The van der Waals surface area contributed by atoms with Crippen LogP contribution in [-0.4, -0.2) is 78.0 Å². The number of aliphatic hydroxyl groups excluding tert-OH is 1. The fourth-order valence-corrected chi connectivity index (χ4v) is 5.09. The molecule has 0 bridgehead atoms. The van der Waals surface area contributed by atoms with Crippen LogP contribution in [0.1, 0.15) is 25.8 Å². The number of rotatable bonds is 10. The van der Waals surface area contributed by atoms with Crippen LogP contribution >= 0.6 is 0 Å². The van der Waals surface area contributed by atoms with Crippen molar-refractivity contribution in [3.8, 4) is 11.5 Å². The topological polar surface area (TPSA) is 116 Å². The summed E-state index contributed by atoms with van der Waals surface area (Å²) in [6, 6.07) is 14.5. The Morgan fingerprint density at radius 1 is 1.18 bits per heavy atom. The van der Waals surface area contributed by atoms with Crippen LogP contribution in [-0.2, 0) is 11.3 Å². The average molecular weight is 534 g/mol. The molecule has 2 unspecified atom stereocenters. The molecule has 3 aromatic rings. The monoisotopic (exact) mass is 533 g/mol. The third-order valence-corrected chi connectivity index (χ3v) is 7.43. The van der Waals surface area contributed by atoms with Crippen LogP contribution in [0.5, 0.6) is 11.5 Å². The number of nitrogens with zero attached hydrogens (tertiary/aromatic N) is 3. The van der Waals surface area contributed by atoms with Crippen molar-refractivity contribution in [2.45, 2.75) is 44.5 Å². The Bertz CT molecular complexity index is 1350. The zero-order valence-corrected chi connectivity index (χ0v) is 22.5. The van der Waals surface area contributed by atoms with Gasteiger partial charge >= 0.3 is 6.03 Å². The Labute approximate surface area is 227 Å². The van der Waals surface area contributed by atoms with E-state index in [4.69, 9.17) is 9.47 Å². The molecule has 206 valence electrons. The summed E-state index contributed by atoms with van der Waals surface area (Å²) >= 11 is 0. The van der Waals surface area contributed by atoms with Gasteiger partial charge < -0.3 is 30.1 Å². The van der Waals surface area contributed by atoms with Gasteiger partial charge in [0.25, 0.3) is 5.91 Å². The van der Waals surface area contributed by atoms with Gasteiger partial charge in [-0.25, -0.2) is 9.69 Å². The lowest BCUT2D eigenvalue weighted by atomic mass is 10.0. The van der Waals surface area contributed by atoms with E-state index in [1.165, 1.54) is 12.0 Å². The summed E-state index contributed by atoms with van der Waals surface area (Å²) in [6.45, 7) is 6.03. The number of para-hydroxylation sites is 1. The highest BCUT2D eigenvalue weighted by Gasteiger charge is 2.52. The van der Waals surface area contributed by atoms with Crippen LogP contribution in [0.4, 0.5) is 10.5 Å². The molecule has 39 heavy (non-hydrogen) atoms. The number of aromatic nitrogens is 1. The number of anilines is 1. The van der Waals surface area contributed by atoms with Crippen molar-refractivity contribution >= 4 is 28.5 Å². The minimum atomic E-state index is -1.07. The zero-order chi connectivity index (χ0) is 27.6. The molecule has 2 atom stereocenters. The highest BCUT2D eigenvalue weighted by atomic mass is 16.5. The normalized spacial score (nSPS) is 19.6. The maximum atomic E-state index is 13.7. The summed E-state index contributed by atoms with van der Waals surface area (Å²) in [5.41, 5.74) is 1.04. The number of fused-ring (bicyclic) bond motifs is 1. The maximum absolute atomic E-state index is 13.7. The van der Waals surface area contributed by atoms with Crippen molar-refractivity contribution < 1.29 is 24.2 Å². The molecule has 10 nitrogen and oxygen atoms in total. The van der Waals surface area contributed by atoms with E-state index in [1.54, 1.807) is 43.1 Å². The molecule has 3 heterocycles. The van der Waals surface area contributed by atoms with E-state index in [9.17, 15) is 14.7 Å². The van der Waals surface area contributed by atoms with E-state index in [0.717, 1.165) is 36.0 Å². The molecule has 2 aliphatic heterocycles. The van der Waals surface area contributed by atoms with Gasteiger partial charge in [-0.3, -0.25) is 9.78 Å². The van der Waals surface area contributed by atoms with Gasteiger partial charge in [-0.2, -0.15) is 0 Å². The van der Waals surface area contributed by atoms with Crippen LogP contribution in [0.3, 0.4) is 0 Å². The summed E-state index contributed by atoms with van der Waals surface area (Å²) in [7, 11) is 1.52. The highest BCUT2D eigenvalue weighted by molar-refractivity contribution is 6.23. The first kappa shape index (κ1) is 26.9. The van der Waals surface area contributed by atoms with Crippen LogP contribution in [0.15, 0.2) is 54.7 Å². The molecule has 2 fully saturated rings. The standard InChI is InChI=1S/C29H35N5O5/c1-29(2)27(36)34(28(37)33(29)17-19-10-13-31-24-7-5-4-6-23(19)24)21-8-9-25(38-3)26(14-21)39-18-22(35)16-32-20-11-12-30-15-20/h4-10,13-14,20,22,30,32,35H,11-12,15-18H2,1-3H3. The molecule has 0 saturated carbocycles. The summed E-state index contributed by atoms with van der Waals surface area (Å²) < 4.78 is 11.3. The van der Waals surface area contributed by atoms with E-state index in [2.05, 4.69) is 15.6 Å². The largest absolute Gasteiger partial charge is 0.493 e. The number of methoxy groups -OCH3 is 1. The number of aliphatic hydroxyl groups is 1. The number of hydrogen-bond acceptors (Lipinski definition) is 8. The Kier molecular flexibility index (Phi) is 7.69. The first-order valence-corrected chi connectivity index (χ1v) is 13.2. The summed E-state index contributed by atoms with van der Waals surface area (Å²) in [5, 5.41) is 18.0. The number of urea groups is 1. The van der Waals surface area contributed by atoms with Gasteiger partial charge in [-0.1, -0.05) is 18.2 Å². The third-order valence-electron chi connectivity index (χ3n) is 7.43.